The number of rotatable bonds is 5. The van der Waals surface area contributed by atoms with Gasteiger partial charge in [0.2, 0.25) is 11.9 Å². The molecule has 0 amide bonds. The number of carbonyl (C=O) groups is 1. The van der Waals surface area contributed by atoms with Gasteiger partial charge in [0.1, 0.15) is 11.5 Å². The summed E-state index contributed by atoms with van der Waals surface area (Å²) in [6, 6.07) is 9.46. The number of ether oxygens (including phenoxy) is 1. The van der Waals surface area contributed by atoms with Gasteiger partial charge in [-0.25, -0.2) is 19.9 Å². The first-order chi connectivity index (χ1) is 15.1. The average Bonchev–Trinajstić information content (AvgIpc) is 3.29. The molecule has 8 heteroatoms. The Morgan fingerprint density at radius 2 is 2.06 bits per heavy atom. The number of nitrogens with one attached hydrogen (secondary N) is 1. The second-order valence-corrected chi connectivity index (χ2v) is 7.47. The van der Waals surface area contributed by atoms with Crippen LogP contribution in [0, 0.1) is 6.92 Å². The van der Waals surface area contributed by atoms with E-state index >= 15 is 0 Å². The van der Waals surface area contributed by atoms with Crippen LogP contribution in [0.3, 0.4) is 0 Å². The van der Waals surface area contributed by atoms with Crippen LogP contribution in [0.5, 0.6) is 5.75 Å². The van der Waals surface area contributed by atoms with Gasteiger partial charge in [-0.2, -0.15) is 0 Å². The molecular formula is C23H21N5O3. The Bertz CT molecular complexity index is 1270. The molecule has 1 aliphatic carbocycles. The van der Waals surface area contributed by atoms with Crippen LogP contribution in [-0.2, 0) is 6.42 Å². The van der Waals surface area contributed by atoms with Crippen molar-refractivity contribution >= 4 is 28.6 Å². The van der Waals surface area contributed by atoms with Crippen molar-refractivity contribution in [3.63, 3.8) is 0 Å². The molecule has 4 aromatic rings. The van der Waals surface area contributed by atoms with Crippen LogP contribution in [0.1, 0.15) is 46.8 Å². The van der Waals surface area contributed by atoms with E-state index in [1.165, 1.54) is 0 Å². The van der Waals surface area contributed by atoms with Gasteiger partial charge in [-0.05, 0) is 44.2 Å². The van der Waals surface area contributed by atoms with Crippen molar-refractivity contribution in [1.29, 1.82) is 0 Å². The molecule has 0 saturated heterocycles. The summed E-state index contributed by atoms with van der Waals surface area (Å²) >= 11 is 0. The molecule has 0 unspecified atom stereocenters. The first kappa shape index (κ1) is 19.2. The van der Waals surface area contributed by atoms with Crippen LogP contribution in [0.25, 0.3) is 10.9 Å². The highest BCUT2D eigenvalue weighted by Gasteiger charge is 2.29. The highest BCUT2D eigenvalue weighted by Crippen LogP contribution is 2.32. The van der Waals surface area contributed by atoms with E-state index in [-0.39, 0.29) is 11.7 Å². The molecule has 0 aliphatic heterocycles. The van der Waals surface area contributed by atoms with E-state index in [1.807, 2.05) is 44.2 Å². The number of fused-ring (bicyclic) bond motifs is 2. The Morgan fingerprint density at radius 1 is 1.16 bits per heavy atom. The summed E-state index contributed by atoms with van der Waals surface area (Å²) in [5, 5.41) is 4.01. The number of aryl methyl sites for hydroxylation is 1. The van der Waals surface area contributed by atoms with Gasteiger partial charge in [0.05, 0.1) is 35.3 Å². The van der Waals surface area contributed by atoms with E-state index in [2.05, 4.69) is 25.3 Å². The minimum absolute atomic E-state index is 0.0172. The molecule has 0 bridgehead atoms. The van der Waals surface area contributed by atoms with E-state index in [1.54, 1.807) is 12.5 Å². The lowest BCUT2D eigenvalue weighted by atomic mass is 9.85. The molecular weight excluding hydrogens is 394 g/mol. The van der Waals surface area contributed by atoms with Crippen LogP contribution in [0.2, 0.25) is 0 Å². The van der Waals surface area contributed by atoms with Gasteiger partial charge in [-0.1, -0.05) is 0 Å². The van der Waals surface area contributed by atoms with Crippen LogP contribution in [-0.4, -0.2) is 32.3 Å². The minimum atomic E-state index is -0.0172. The molecule has 8 nitrogen and oxygen atoms in total. The van der Waals surface area contributed by atoms with Crippen molar-refractivity contribution in [2.75, 3.05) is 11.9 Å². The van der Waals surface area contributed by atoms with Gasteiger partial charge in [0.25, 0.3) is 0 Å². The number of carbonyl (C=O) groups excluding carboxylic acids is 1. The van der Waals surface area contributed by atoms with E-state index in [0.29, 0.717) is 42.6 Å². The number of nitrogens with zero attached hydrogens (tertiary/aromatic N) is 4. The third kappa shape index (κ3) is 3.72. The summed E-state index contributed by atoms with van der Waals surface area (Å²) < 4.78 is 11.1. The number of benzene rings is 1. The quantitative estimate of drug-likeness (QED) is 0.512. The Hall–Kier alpha value is -3.81. The zero-order chi connectivity index (χ0) is 21.4. The molecule has 3 heterocycles. The Labute approximate surface area is 178 Å². The lowest BCUT2D eigenvalue weighted by Crippen LogP contribution is -2.21. The van der Waals surface area contributed by atoms with Gasteiger partial charge < -0.3 is 9.15 Å². The maximum atomic E-state index is 12.5. The molecule has 1 aliphatic rings. The Kier molecular flexibility index (Phi) is 4.82. The second-order valence-electron chi connectivity index (χ2n) is 7.47. The zero-order valence-electron chi connectivity index (χ0n) is 17.3. The fourth-order valence-corrected chi connectivity index (χ4v) is 3.90. The van der Waals surface area contributed by atoms with Gasteiger partial charge in [-0.3, -0.25) is 10.1 Å². The molecule has 156 valence electrons. The lowest BCUT2D eigenvalue weighted by Gasteiger charge is -2.21. The third-order valence-electron chi connectivity index (χ3n) is 5.38. The molecule has 0 radical (unpaired) electrons. The fraction of sp³-hybridized carbons (Fsp3) is 0.261. The van der Waals surface area contributed by atoms with E-state index < -0.39 is 0 Å². The van der Waals surface area contributed by atoms with Gasteiger partial charge in [0.15, 0.2) is 5.78 Å². The standard InChI is InChI=1S/C23H21N5O3/c1-3-30-15-6-7-18-16(11-15)13(2)25-23(26-18)28-22-24-12-17-19(27-22)9-14(10-20(17)29)21-5-4-8-31-21/h4-8,11-12,14H,3,9-10H2,1-2H3,(H,24,25,26,27,28)/t14-/m0/s1. The molecule has 3 aromatic heterocycles. The number of furan rings is 1. The summed E-state index contributed by atoms with van der Waals surface area (Å²) in [4.78, 5) is 30.6. The number of aromatic nitrogens is 4. The second kappa shape index (κ2) is 7.79. The van der Waals surface area contributed by atoms with Crippen molar-refractivity contribution in [3.05, 3.63) is 65.5 Å². The maximum absolute atomic E-state index is 12.5. The molecule has 0 spiro atoms. The fourth-order valence-electron chi connectivity index (χ4n) is 3.90. The normalized spacial score (nSPS) is 15.7. The SMILES string of the molecule is CCOc1ccc2nc(Nc3ncc4c(n3)C[C@H](c3ccco3)CC4=O)nc(C)c2c1. The van der Waals surface area contributed by atoms with E-state index in [9.17, 15) is 4.79 Å². The van der Waals surface area contributed by atoms with Gasteiger partial charge in [0, 0.05) is 30.3 Å². The summed E-state index contributed by atoms with van der Waals surface area (Å²) in [6.45, 7) is 4.47. The predicted octanol–water partition coefficient (Wildman–Crippen LogP) is 4.38. The number of hydrogen-bond acceptors (Lipinski definition) is 8. The summed E-state index contributed by atoms with van der Waals surface area (Å²) in [7, 11) is 0. The highest BCUT2D eigenvalue weighted by molar-refractivity contribution is 5.98. The topological polar surface area (TPSA) is 103 Å². The first-order valence-corrected chi connectivity index (χ1v) is 10.2. The molecule has 0 saturated carbocycles. The minimum Gasteiger partial charge on any atom is -0.494 e. The van der Waals surface area contributed by atoms with Crippen molar-refractivity contribution in [1.82, 2.24) is 19.9 Å². The number of Topliss-reactive ketones (excluding diaryl/α,β-unsaturated/α-hetero) is 1. The van der Waals surface area contributed by atoms with Crippen molar-refractivity contribution < 1.29 is 13.9 Å². The summed E-state index contributed by atoms with van der Waals surface area (Å²) in [5.74, 6) is 2.35. The monoisotopic (exact) mass is 415 g/mol. The van der Waals surface area contributed by atoms with Gasteiger partial charge >= 0.3 is 0 Å². The van der Waals surface area contributed by atoms with Crippen molar-refractivity contribution in [3.8, 4) is 5.75 Å². The van der Waals surface area contributed by atoms with Crippen LogP contribution in [0.15, 0.2) is 47.2 Å². The van der Waals surface area contributed by atoms with E-state index in [0.717, 1.165) is 28.1 Å². The highest BCUT2D eigenvalue weighted by atomic mass is 16.5. The Balaban J connectivity index is 1.43. The molecule has 1 N–H and O–H groups in total. The van der Waals surface area contributed by atoms with Crippen LogP contribution < -0.4 is 10.1 Å². The largest absolute Gasteiger partial charge is 0.494 e. The molecule has 5 rings (SSSR count). The molecule has 1 aromatic carbocycles. The number of anilines is 2. The summed E-state index contributed by atoms with van der Waals surface area (Å²) in [5.41, 5.74) is 2.88. The maximum Gasteiger partial charge on any atom is 0.230 e. The Morgan fingerprint density at radius 3 is 2.87 bits per heavy atom. The lowest BCUT2D eigenvalue weighted by molar-refractivity contribution is 0.0958. The first-order valence-electron chi connectivity index (χ1n) is 10.2. The summed E-state index contributed by atoms with van der Waals surface area (Å²) in [6.07, 6.45) is 4.21. The molecule has 0 fully saturated rings. The zero-order valence-corrected chi connectivity index (χ0v) is 17.3. The third-order valence-corrected chi connectivity index (χ3v) is 5.38. The smallest absolute Gasteiger partial charge is 0.230 e. The van der Waals surface area contributed by atoms with Gasteiger partial charge in [-0.15, -0.1) is 0 Å². The van der Waals surface area contributed by atoms with Crippen LogP contribution in [0.4, 0.5) is 11.9 Å². The number of ketones is 1. The van der Waals surface area contributed by atoms with Crippen molar-refractivity contribution in [2.45, 2.75) is 32.6 Å². The predicted molar refractivity (Wildman–Crippen MR) is 115 cm³/mol. The van der Waals surface area contributed by atoms with E-state index in [4.69, 9.17) is 9.15 Å². The van der Waals surface area contributed by atoms with Crippen molar-refractivity contribution in [2.24, 2.45) is 0 Å². The molecule has 1 atom stereocenters. The van der Waals surface area contributed by atoms with Crippen LogP contribution >= 0.6 is 0 Å². The average molecular weight is 415 g/mol. The molecule has 31 heavy (non-hydrogen) atoms. The number of hydrogen-bond donors (Lipinski definition) is 1.